The lowest BCUT2D eigenvalue weighted by Gasteiger charge is -2.02. The maximum atomic E-state index is 11.0. The second-order valence-corrected chi connectivity index (χ2v) is 5.08. The molecule has 1 N–H and O–H groups in total. The van der Waals surface area contributed by atoms with Crippen molar-refractivity contribution in [2.45, 2.75) is 0 Å². The molecule has 0 aliphatic carbocycles. The fraction of sp³-hybridized carbons (Fsp3) is 0. The molecule has 0 saturated carbocycles. The SMILES string of the molecule is O=C(O)c1ccc(Cl)c(-c2cc3cccc(Cl)c3o2)c1. The molecule has 5 heteroatoms. The summed E-state index contributed by atoms with van der Waals surface area (Å²) in [5.74, 6) is -0.529. The fourth-order valence-corrected chi connectivity index (χ4v) is 2.44. The molecule has 0 fully saturated rings. The Balaban J connectivity index is 2.22. The van der Waals surface area contributed by atoms with Gasteiger partial charge in [0.2, 0.25) is 0 Å². The van der Waals surface area contributed by atoms with Gasteiger partial charge in [0.25, 0.3) is 0 Å². The summed E-state index contributed by atoms with van der Waals surface area (Å²) < 4.78 is 5.69. The summed E-state index contributed by atoms with van der Waals surface area (Å²) in [5.41, 5.74) is 1.23. The van der Waals surface area contributed by atoms with Crippen molar-refractivity contribution >= 4 is 40.1 Å². The number of carboxylic acid groups (broad SMARTS) is 1. The maximum Gasteiger partial charge on any atom is 0.335 e. The van der Waals surface area contributed by atoms with E-state index in [0.717, 1.165) is 5.39 Å². The summed E-state index contributed by atoms with van der Waals surface area (Å²) in [6.07, 6.45) is 0. The number of rotatable bonds is 2. The number of halogens is 2. The maximum absolute atomic E-state index is 11.0. The van der Waals surface area contributed by atoms with Gasteiger partial charge in [-0.05, 0) is 30.3 Å². The molecule has 3 rings (SSSR count). The zero-order chi connectivity index (χ0) is 14.3. The van der Waals surface area contributed by atoms with Crippen LogP contribution in [-0.2, 0) is 0 Å². The number of carbonyl (C=O) groups is 1. The lowest BCUT2D eigenvalue weighted by atomic mass is 10.1. The Morgan fingerprint density at radius 2 is 1.85 bits per heavy atom. The summed E-state index contributed by atoms with van der Waals surface area (Å²) in [6, 6.07) is 11.7. The molecule has 3 aromatic rings. The Bertz CT molecular complexity index is 821. The number of para-hydroxylation sites is 1. The van der Waals surface area contributed by atoms with E-state index in [9.17, 15) is 4.79 Å². The topological polar surface area (TPSA) is 50.4 Å². The van der Waals surface area contributed by atoms with Crippen molar-refractivity contribution in [2.24, 2.45) is 0 Å². The minimum absolute atomic E-state index is 0.149. The van der Waals surface area contributed by atoms with Gasteiger partial charge in [0.1, 0.15) is 5.76 Å². The highest BCUT2D eigenvalue weighted by molar-refractivity contribution is 6.35. The average molecular weight is 307 g/mol. The predicted molar refractivity (Wildman–Crippen MR) is 78.6 cm³/mol. The summed E-state index contributed by atoms with van der Waals surface area (Å²) in [4.78, 5) is 11.0. The van der Waals surface area contributed by atoms with E-state index in [1.807, 2.05) is 12.1 Å². The second-order valence-electron chi connectivity index (χ2n) is 4.27. The van der Waals surface area contributed by atoms with Gasteiger partial charge in [-0.25, -0.2) is 4.79 Å². The van der Waals surface area contributed by atoms with E-state index in [-0.39, 0.29) is 5.56 Å². The number of hydrogen-bond acceptors (Lipinski definition) is 2. The van der Waals surface area contributed by atoms with Gasteiger partial charge in [0, 0.05) is 10.9 Å². The van der Waals surface area contributed by atoms with Gasteiger partial charge in [0.05, 0.1) is 15.6 Å². The van der Waals surface area contributed by atoms with Gasteiger partial charge in [-0.1, -0.05) is 35.3 Å². The third kappa shape index (κ3) is 2.15. The van der Waals surface area contributed by atoms with E-state index in [1.165, 1.54) is 18.2 Å². The van der Waals surface area contributed by atoms with Gasteiger partial charge >= 0.3 is 5.97 Å². The van der Waals surface area contributed by atoms with Crippen LogP contribution in [0.15, 0.2) is 46.9 Å². The molecule has 3 nitrogen and oxygen atoms in total. The molecular formula is C15H8Cl2O3. The molecule has 0 atom stereocenters. The Morgan fingerprint density at radius 3 is 2.55 bits per heavy atom. The van der Waals surface area contributed by atoms with Crippen LogP contribution in [-0.4, -0.2) is 11.1 Å². The van der Waals surface area contributed by atoms with Crippen LogP contribution in [0.25, 0.3) is 22.3 Å². The van der Waals surface area contributed by atoms with Crippen LogP contribution in [0.3, 0.4) is 0 Å². The van der Waals surface area contributed by atoms with Gasteiger partial charge in [-0.15, -0.1) is 0 Å². The molecule has 0 saturated heterocycles. The predicted octanol–water partition coefficient (Wildman–Crippen LogP) is 5.10. The fourth-order valence-electron chi connectivity index (χ4n) is 2.01. The molecule has 0 spiro atoms. The van der Waals surface area contributed by atoms with Gasteiger partial charge in [0.15, 0.2) is 5.58 Å². The Hall–Kier alpha value is -1.97. The molecule has 2 aromatic carbocycles. The summed E-state index contributed by atoms with van der Waals surface area (Å²) >= 11 is 12.2. The van der Waals surface area contributed by atoms with Crippen LogP contribution >= 0.6 is 23.2 Å². The third-order valence-corrected chi connectivity index (χ3v) is 3.60. The first-order valence-electron chi connectivity index (χ1n) is 5.77. The molecule has 1 aromatic heterocycles. The van der Waals surface area contributed by atoms with E-state index in [1.54, 1.807) is 12.1 Å². The first kappa shape index (κ1) is 13.0. The first-order chi connectivity index (χ1) is 9.56. The first-order valence-corrected chi connectivity index (χ1v) is 6.53. The Morgan fingerprint density at radius 1 is 1.05 bits per heavy atom. The van der Waals surface area contributed by atoms with Gasteiger partial charge in [-0.3, -0.25) is 0 Å². The molecule has 0 aliphatic rings. The van der Waals surface area contributed by atoms with Crippen molar-refractivity contribution in [1.82, 2.24) is 0 Å². The van der Waals surface area contributed by atoms with Crippen LogP contribution in [0.4, 0.5) is 0 Å². The van der Waals surface area contributed by atoms with E-state index in [2.05, 4.69) is 0 Å². The highest BCUT2D eigenvalue weighted by atomic mass is 35.5. The molecule has 1 heterocycles. The highest BCUT2D eigenvalue weighted by Gasteiger charge is 2.14. The highest BCUT2D eigenvalue weighted by Crippen LogP contribution is 2.35. The molecule has 0 amide bonds. The molecule has 0 unspecified atom stereocenters. The van der Waals surface area contributed by atoms with Gasteiger partial charge < -0.3 is 9.52 Å². The van der Waals surface area contributed by atoms with Crippen LogP contribution in [0.2, 0.25) is 10.0 Å². The summed E-state index contributed by atoms with van der Waals surface area (Å²) in [7, 11) is 0. The lowest BCUT2D eigenvalue weighted by Crippen LogP contribution is -1.96. The molecule has 0 bridgehead atoms. The third-order valence-electron chi connectivity index (χ3n) is 2.97. The van der Waals surface area contributed by atoms with Gasteiger partial charge in [-0.2, -0.15) is 0 Å². The largest absolute Gasteiger partial charge is 0.478 e. The molecular weight excluding hydrogens is 299 g/mol. The standard InChI is InChI=1S/C15H8Cl2O3/c16-11-5-4-9(15(18)19)6-10(11)13-7-8-2-1-3-12(17)14(8)20-13/h1-7H,(H,18,19). The van der Waals surface area contributed by atoms with Crippen molar-refractivity contribution in [3.05, 3.63) is 58.1 Å². The number of aromatic carboxylic acids is 1. The van der Waals surface area contributed by atoms with Crippen LogP contribution in [0, 0.1) is 0 Å². The van der Waals surface area contributed by atoms with Crippen LogP contribution < -0.4 is 0 Å². The number of benzene rings is 2. The molecule has 0 aliphatic heterocycles. The number of furan rings is 1. The number of fused-ring (bicyclic) bond motifs is 1. The summed E-state index contributed by atoms with van der Waals surface area (Å²) in [6.45, 7) is 0. The quantitative estimate of drug-likeness (QED) is 0.716. The van der Waals surface area contributed by atoms with E-state index < -0.39 is 5.97 Å². The lowest BCUT2D eigenvalue weighted by molar-refractivity contribution is 0.0697. The van der Waals surface area contributed by atoms with Crippen molar-refractivity contribution in [3.8, 4) is 11.3 Å². The zero-order valence-corrected chi connectivity index (χ0v) is 11.6. The minimum Gasteiger partial charge on any atom is -0.478 e. The van der Waals surface area contributed by atoms with Crippen molar-refractivity contribution in [1.29, 1.82) is 0 Å². The van der Waals surface area contributed by atoms with Crippen molar-refractivity contribution in [3.63, 3.8) is 0 Å². The zero-order valence-electron chi connectivity index (χ0n) is 10.1. The average Bonchev–Trinajstić information content (AvgIpc) is 2.84. The monoisotopic (exact) mass is 306 g/mol. The molecule has 0 radical (unpaired) electrons. The Kier molecular flexibility index (Phi) is 3.16. The second kappa shape index (κ2) is 4.85. The molecule has 20 heavy (non-hydrogen) atoms. The summed E-state index contributed by atoms with van der Waals surface area (Å²) in [5, 5.41) is 10.8. The van der Waals surface area contributed by atoms with Crippen molar-refractivity contribution in [2.75, 3.05) is 0 Å². The van der Waals surface area contributed by atoms with E-state index in [0.29, 0.717) is 27.0 Å². The van der Waals surface area contributed by atoms with Crippen LogP contribution in [0.5, 0.6) is 0 Å². The number of carboxylic acids is 1. The van der Waals surface area contributed by atoms with E-state index in [4.69, 9.17) is 32.7 Å². The Labute approximate surface area is 124 Å². The van der Waals surface area contributed by atoms with Crippen molar-refractivity contribution < 1.29 is 14.3 Å². The van der Waals surface area contributed by atoms with Crippen LogP contribution in [0.1, 0.15) is 10.4 Å². The number of hydrogen-bond donors (Lipinski definition) is 1. The minimum atomic E-state index is -1.02. The normalized spacial score (nSPS) is 10.9. The molecule has 100 valence electrons. The van der Waals surface area contributed by atoms with E-state index >= 15 is 0 Å². The smallest absolute Gasteiger partial charge is 0.335 e.